The highest BCUT2D eigenvalue weighted by molar-refractivity contribution is 9.10. The van der Waals surface area contributed by atoms with E-state index in [0.29, 0.717) is 6.54 Å². The van der Waals surface area contributed by atoms with Gasteiger partial charge in [-0.25, -0.2) is 0 Å². The van der Waals surface area contributed by atoms with Gasteiger partial charge in [-0.05, 0) is 30.2 Å². The van der Waals surface area contributed by atoms with Crippen LogP contribution in [0.4, 0.5) is 0 Å². The Morgan fingerprint density at radius 2 is 2.20 bits per heavy atom. The van der Waals surface area contributed by atoms with Crippen molar-refractivity contribution in [1.82, 2.24) is 0 Å². The van der Waals surface area contributed by atoms with Crippen LogP contribution in [0.3, 0.4) is 0 Å². The fraction of sp³-hybridized carbons (Fsp3) is 0.455. The van der Waals surface area contributed by atoms with Gasteiger partial charge < -0.3 is 10.5 Å². The van der Waals surface area contributed by atoms with Gasteiger partial charge in [-0.1, -0.05) is 15.9 Å². The third-order valence-corrected chi connectivity index (χ3v) is 3.45. The second-order valence-corrected chi connectivity index (χ2v) is 5.28. The van der Waals surface area contributed by atoms with Crippen LogP contribution in [0.2, 0.25) is 0 Å². The summed E-state index contributed by atoms with van der Waals surface area (Å²) >= 11 is 5.32. The summed E-state index contributed by atoms with van der Waals surface area (Å²) in [6.07, 6.45) is 1.08. The van der Waals surface area contributed by atoms with E-state index in [1.165, 1.54) is 10.5 Å². The van der Waals surface area contributed by atoms with E-state index < -0.39 is 0 Å². The topological polar surface area (TPSA) is 35.2 Å². The lowest BCUT2D eigenvalue weighted by Crippen LogP contribution is -1.96. The van der Waals surface area contributed by atoms with Crippen molar-refractivity contribution >= 4 is 27.7 Å². The van der Waals surface area contributed by atoms with E-state index >= 15 is 0 Å². The van der Waals surface area contributed by atoms with E-state index in [1.54, 1.807) is 7.11 Å². The Morgan fingerprint density at radius 3 is 2.87 bits per heavy atom. The monoisotopic (exact) mass is 289 g/mol. The van der Waals surface area contributed by atoms with Crippen molar-refractivity contribution in [1.29, 1.82) is 0 Å². The van der Waals surface area contributed by atoms with E-state index in [0.717, 1.165) is 23.3 Å². The first kappa shape index (κ1) is 13.0. The number of hydrogen-bond acceptors (Lipinski definition) is 3. The number of halogens is 1. The van der Waals surface area contributed by atoms with E-state index in [1.807, 2.05) is 11.8 Å². The second-order valence-electron chi connectivity index (χ2n) is 3.19. The number of methoxy groups -OCH3 is 1. The maximum atomic E-state index is 5.61. The molecule has 2 N–H and O–H groups in total. The lowest BCUT2D eigenvalue weighted by atomic mass is 10.2. The van der Waals surface area contributed by atoms with E-state index in [9.17, 15) is 0 Å². The molecule has 0 radical (unpaired) electrons. The molecule has 0 heterocycles. The molecule has 0 fully saturated rings. The minimum atomic E-state index is 0.588. The number of ether oxygens (including phenoxy) is 1. The van der Waals surface area contributed by atoms with Gasteiger partial charge in [0.05, 0.1) is 0 Å². The zero-order chi connectivity index (χ0) is 11.1. The fourth-order valence-electron chi connectivity index (χ4n) is 1.22. The lowest BCUT2D eigenvalue weighted by Gasteiger charge is -2.05. The Kier molecular flexibility index (Phi) is 6.32. The van der Waals surface area contributed by atoms with Crippen LogP contribution in [0.5, 0.6) is 0 Å². The Balaban J connectivity index is 2.49. The zero-order valence-corrected chi connectivity index (χ0v) is 11.2. The van der Waals surface area contributed by atoms with Crippen molar-refractivity contribution in [2.75, 3.05) is 19.5 Å². The zero-order valence-electron chi connectivity index (χ0n) is 8.83. The third kappa shape index (κ3) is 5.02. The van der Waals surface area contributed by atoms with E-state index in [-0.39, 0.29) is 0 Å². The molecule has 0 spiro atoms. The van der Waals surface area contributed by atoms with Gasteiger partial charge in [-0.3, -0.25) is 0 Å². The molecule has 0 aromatic heterocycles. The van der Waals surface area contributed by atoms with Crippen molar-refractivity contribution in [3.8, 4) is 0 Å². The van der Waals surface area contributed by atoms with Gasteiger partial charge in [-0.15, -0.1) is 11.8 Å². The first-order chi connectivity index (χ1) is 7.26. The molecule has 1 rings (SSSR count). The smallest absolute Gasteiger partial charge is 0.0470 e. The largest absolute Gasteiger partial charge is 0.385 e. The molecule has 0 atom stereocenters. The van der Waals surface area contributed by atoms with Gasteiger partial charge in [0.2, 0.25) is 0 Å². The van der Waals surface area contributed by atoms with Crippen molar-refractivity contribution in [2.45, 2.75) is 17.9 Å². The number of rotatable bonds is 6. The van der Waals surface area contributed by atoms with Crippen LogP contribution in [-0.4, -0.2) is 19.5 Å². The van der Waals surface area contributed by atoms with Gasteiger partial charge in [0, 0.05) is 35.4 Å². The predicted octanol–water partition coefficient (Wildman–Crippen LogP) is 3.04. The molecule has 0 saturated heterocycles. The minimum absolute atomic E-state index is 0.588. The van der Waals surface area contributed by atoms with E-state index in [2.05, 4.69) is 34.1 Å². The second kappa shape index (κ2) is 7.28. The SMILES string of the molecule is COCCCSc1cc(Br)cc(CN)c1. The Hall–Kier alpha value is -0.0300. The van der Waals surface area contributed by atoms with Gasteiger partial charge in [-0.2, -0.15) is 0 Å². The van der Waals surface area contributed by atoms with Crippen LogP contribution in [0.25, 0.3) is 0 Å². The third-order valence-electron chi connectivity index (χ3n) is 1.93. The number of thioether (sulfide) groups is 1. The van der Waals surface area contributed by atoms with Crippen molar-refractivity contribution in [2.24, 2.45) is 5.73 Å². The molecular weight excluding hydrogens is 274 g/mol. The highest BCUT2D eigenvalue weighted by atomic mass is 79.9. The average Bonchev–Trinajstić information content (AvgIpc) is 2.23. The standard InChI is InChI=1S/C11H16BrNOS/c1-14-3-2-4-15-11-6-9(8-13)5-10(12)7-11/h5-7H,2-4,8,13H2,1H3. The molecule has 2 nitrogen and oxygen atoms in total. The Bertz CT molecular complexity index is 307. The summed E-state index contributed by atoms with van der Waals surface area (Å²) in [6, 6.07) is 6.32. The lowest BCUT2D eigenvalue weighted by molar-refractivity contribution is 0.200. The minimum Gasteiger partial charge on any atom is -0.385 e. The fourth-order valence-corrected chi connectivity index (χ4v) is 2.85. The molecule has 4 heteroatoms. The van der Waals surface area contributed by atoms with Gasteiger partial charge >= 0.3 is 0 Å². The normalized spacial score (nSPS) is 10.6. The molecule has 1 aromatic carbocycles. The van der Waals surface area contributed by atoms with Crippen molar-refractivity contribution in [3.63, 3.8) is 0 Å². The van der Waals surface area contributed by atoms with Gasteiger partial charge in [0.25, 0.3) is 0 Å². The van der Waals surface area contributed by atoms with E-state index in [4.69, 9.17) is 10.5 Å². The highest BCUT2D eigenvalue weighted by Gasteiger charge is 1.99. The number of benzene rings is 1. The molecule has 0 aliphatic rings. The molecule has 0 saturated carbocycles. The molecule has 0 unspecified atom stereocenters. The number of hydrogen-bond donors (Lipinski definition) is 1. The Labute approximate surface area is 104 Å². The quantitative estimate of drug-likeness (QED) is 0.646. The molecule has 0 amide bonds. The Morgan fingerprint density at radius 1 is 1.40 bits per heavy atom. The highest BCUT2D eigenvalue weighted by Crippen LogP contribution is 2.24. The maximum Gasteiger partial charge on any atom is 0.0470 e. The van der Waals surface area contributed by atoms with Crippen LogP contribution < -0.4 is 5.73 Å². The van der Waals surface area contributed by atoms with Gasteiger partial charge in [0.1, 0.15) is 0 Å². The van der Waals surface area contributed by atoms with Crippen molar-refractivity contribution < 1.29 is 4.74 Å². The van der Waals surface area contributed by atoms with Crippen LogP contribution in [0.1, 0.15) is 12.0 Å². The van der Waals surface area contributed by atoms with Crippen LogP contribution in [-0.2, 0) is 11.3 Å². The summed E-state index contributed by atoms with van der Waals surface area (Å²) in [6.45, 7) is 1.41. The van der Waals surface area contributed by atoms with Crippen LogP contribution in [0, 0.1) is 0 Å². The maximum absolute atomic E-state index is 5.61. The molecule has 0 bridgehead atoms. The average molecular weight is 290 g/mol. The molecule has 15 heavy (non-hydrogen) atoms. The summed E-state index contributed by atoms with van der Waals surface area (Å²) in [7, 11) is 1.73. The summed E-state index contributed by atoms with van der Waals surface area (Å²) in [4.78, 5) is 1.26. The molecular formula is C11H16BrNOS. The van der Waals surface area contributed by atoms with Gasteiger partial charge in [0.15, 0.2) is 0 Å². The molecule has 1 aromatic rings. The molecule has 0 aliphatic heterocycles. The summed E-state index contributed by atoms with van der Waals surface area (Å²) in [5.41, 5.74) is 6.78. The summed E-state index contributed by atoms with van der Waals surface area (Å²) in [5.74, 6) is 1.08. The summed E-state index contributed by atoms with van der Waals surface area (Å²) in [5, 5.41) is 0. The van der Waals surface area contributed by atoms with Crippen LogP contribution in [0.15, 0.2) is 27.6 Å². The summed E-state index contributed by atoms with van der Waals surface area (Å²) < 4.78 is 6.10. The first-order valence-electron chi connectivity index (χ1n) is 4.87. The van der Waals surface area contributed by atoms with Crippen molar-refractivity contribution in [3.05, 3.63) is 28.2 Å². The predicted molar refractivity (Wildman–Crippen MR) is 69.3 cm³/mol. The number of nitrogens with two attached hydrogens (primary N) is 1. The molecule has 84 valence electrons. The molecule has 0 aliphatic carbocycles. The van der Waals surface area contributed by atoms with Crippen LogP contribution >= 0.6 is 27.7 Å². The first-order valence-corrected chi connectivity index (χ1v) is 6.65.